The third-order valence-electron chi connectivity index (χ3n) is 5.85. The predicted molar refractivity (Wildman–Crippen MR) is 135 cm³/mol. The molecule has 0 aromatic heterocycles. The Morgan fingerprint density at radius 2 is 1.70 bits per heavy atom. The van der Waals surface area contributed by atoms with E-state index in [0.717, 1.165) is 15.4 Å². The Morgan fingerprint density at radius 3 is 2.36 bits per heavy atom. The van der Waals surface area contributed by atoms with Crippen LogP contribution in [0.5, 0.6) is 0 Å². The maximum Gasteiger partial charge on any atom is 0.270 e. The lowest BCUT2D eigenvalue weighted by atomic mass is 9.95. The molecule has 1 heterocycles. The van der Waals surface area contributed by atoms with Crippen LogP contribution in [-0.4, -0.2) is 21.4 Å². The molecule has 0 saturated heterocycles. The van der Waals surface area contributed by atoms with Crippen LogP contribution in [0, 0.1) is 6.92 Å². The Bertz CT molecular complexity index is 1380. The summed E-state index contributed by atoms with van der Waals surface area (Å²) in [5.74, 6) is -0.532. The van der Waals surface area contributed by atoms with E-state index in [4.69, 9.17) is 11.6 Å². The van der Waals surface area contributed by atoms with Gasteiger partial charge in [0.2, 0.25) is 0 Å². The first kappa shape index (κ1) is 23.1. The smallest absolute Gasteiger partial charge is 0.270 e. The van der Waals surface area contributed by atoms with Gasteiger partial charge in [0.25, 0.3) is 15.9 Å². The number of sulfonamides is 1. The number of amides is 1. The Labute approximate surface area is 199 Å². The highest BCUT2D eigenvalue weighted by Gasteiger charge is 2.40. The van der Waals surface area contributed by atoms with Crippen molar-refractivity contribution >= 4 is 44.5 Å². The summed E-state index contributed by atoms with van der Waals surface area (Å²) >= 11 is 6.29. The van der Waals surface area contributed by atoms with E-state index in [-0.39, 0.29) is 10.8 Å². The van der Waals surface area contributed by atoms with E-state index in [2.05, 4.69) is 5.32 Å². The molecule has 5 nitrogen and oxygen atoms in total. The second-order valence-electron chi connectivity index (χ2n) is 8.35. The summed E-state index contributed by atoms with van der Waals surface area (Å²) in [6.45, 7) is 5.95. The minimum Gasteiger partial charge on any atom is -0.321 e. The average molecular weight is 481 g/mol. The quantitative estimate of drug-likeness (QED) is 0.501. The summed E-state index contributed by atoms with van der Waals surface area (Å²) < 4.78 is 28.4. The van der Waals surface area contributed by atoms with Gasteiger partial charge in [-0.05, 0) is 47.7 Å². The number of rotatable bonds is 4. The molecule has 0 atom stereocenters. The maximum atomic E-state index is 13.7. The monoisotopic (exact) mass is 480 g/mol. The number of halogens is 1. The van der Waals surface area contributed by atoms with E-state index in [1.807, 2.05) is 57.2 Å². The summed E-state index contributed by atoms with van der Waals surface area (Å²) in [6.07, 6.45) is 0. The number of para-hydroxylation sites is 1. The van der Waals surface area contributed by atoms with Gasteiger partial charge in [0, 0.05) is 28.9 Å². The van der Waals surface area contributed by atoms with Crippen molar-refractivity contribution in [3.63, 3.8) is 0 Å². The van der Waals surface area contributed by atoms with Crippen LogP contribution >= 0.6 is 11.6 Å². The average Bonchev–Trinajstić information content (AvgIpc) is 2.77. The fourth-order valence-corrected chi connectivity index (χ4v) is 5.77. The first-order valence-corrected chi connectivity index (χ1v) is 12.4. The summed E-state index contributed by atoms with van der Waals surface area (Å²) in [5, 5.41) is 3.37. The predicted octanol–water partition coefficient (Wildman–Crippen LogP) is 5.95. The molecule has 0 bridgehead atoms. The highest BCUT2D eigenvalue weighted by Crippen LogP contribution is 2.43. The summed E-state index contributed by atoms with van der Waals surface area (Å²) in [4.78, 5) is 13.4. The third kappa shape index (κ3) is 4.05. The zero-order valence-electron chi connectivity index (χ0n) is 18.9. The number of hydrogen-bond donors (Lipinski definition) is 1. The Kier molecular flexibility index (Phi) is 6.08. The number of nitrogens with zero attached hydrogens (tertiary/aromatic N) is 1. The number of fused-ring (bicyclic) bond motifs is 1. The summed E-state index contributed by atoms with van der Waals surface area (Å²) in [7, 11) is -2.68. The van der Waals surface area contributed by atoms with Gasteiger partial charge >= 0.3 is 0 Å². The van der Waals surface area contributed by atoms with Crippen molar-refractivity contribution in [1.29, 1.82) is 0 Å². The lowest BCUT2D eigenvalue weighted by molar-refractivity contribution is -0.112. The Morgan fingerprint density at radius 1 is 1.00 bits per heavy atom. The van der Waals surface area contributed by atoms with Crippen LogP contribution in [0.4, 0.5) is 11.4 Å². The molecule has 0 radical (unpaired) electrons. The summed E-state index contributed by atoms with van der Waals surface area (Å²) in [6, 6.07) is 19.8. The van der Waals surface area contributed by atoms with Gasteiger partial charge in [-0.2, -0.15) is 0 Å². The van der Waals surface area contributed by atoms with E-state index < -0.39 is 15.9 Å². The Hall–Kier alpha value is -3.09. The van der Waals surface area contributed by atoms with Gasteiger partial charge in [0.05, 0.1) is 5.69 Å². The molecular weight excluding hydrogens is 456 g/mol. The van der Waals surface area contributed by atoms with Gasteiger partial charge in [0.15, 0.2) is 4.91 Å². The van der Waals surface area contributed by atoms with E-state index >= 15 is 0 Å². The molecule has 33 heavy (non-hydrogen) atoms. The van der Waals surface area contributed by atoms with Crippen LogP contribution in [0.2, 0.25) is 5.02 Å². The molecule has 0 aliphatic carbocycles. The second-order valence-corrected chi connectivity index (χ2v) is 10.7. The number of anilines is 2. The number of carbonyl (C=O) groups excluding carboxylic acids is 1. The van der Waals surface area contributed by atoms with Crippen LogP contribution in [0.3, 0.4) is 0 Å². The molecule has 0 saturated carbocycles. The lowest BCUT2D eigenvalue weighted by Crippen LogP contribution is -2.37. The highest BCUT2D eigenvalue weighted by atomic mass is 35.5. The van der Waals surface area contributed by atoms with Gasteiger partial charge in [-0.1, -0.05) is 74.0 Å². The molecule has 3 aromatic carbocycles. The molecular formula is C26H25ClN2O3S. The van der Waals surface area contributed by atoms with Crippen LogP contribution in [0.1, 0.15) is 42.0 Å². The van der Waals surface area contributed by atoms with Crippen molar-refractivity contribution < 1.29 is 13.2 Å². The molecule has 3 aromatic rings. The number of carbonyl (C=O) groups is 1. The molecule has 0 unspecified atom stereocenters. The van der Waals surface area contributed by atoms with Gasteiger partial charge in [-0.15, -0.1) is 0 Å². The van der Waals surface area contributed by atoms with Crippen LogP contribution in [-0.2, 0) is 14.8 Å². The van der Waals surface area contributed by atoms with Crippen molar-refractivity contribution in [2.24, 2.45) is 0 Å². The van der Waals surface area contributed by atoms with E-state index in [1.54, 1.807) is 30.3 Å². The minimum absolute atomic E-state index is 0.146. The van der Waals surface area contributed by atoms with Gasteiger partial charge < -0.3 is 5.32 Å². The number of aryl methyl sites for hydroxylation is 1. The van der Waals surface area contributed by atoms with Crippen molar-refractivity contribution in [1.82, 2.24) is 0 Å². The molecule has 0 fully saturated rings. The topological polar surface area (TPSA) is 66.5 Å². The van der Waals surface area contributed by atoms with Gasteiger partial charge in [0.1, 0.15) is 0 Å². The van der Waals surface area contributed by atoms with Crippen molar-refractivity contribution in [2.75, 3.05) is 16.7 Å². The van der Waals surface area contributed by atoms with E-state index in [0.29, 0.717) is 33.1 Å². The standard InChI is InChI=1S/C26H25ClN2O3S/c1-16(2)20-12-8-9-17(3)24(20)28-26(30)25-23(18-10-6-5-7-11-18)21-15-19(27)13-14-22(21)29(4)33(25,31)32/h5-16H,1-4H3,(H,28,30). The van der Waals surface area contributed by atoms with Crippen LogP contribution in [0.15, 0.2) is 71.6 Å². The maximum absolute atomic E-state index is 13.7. The molecule has 7 heteroatoms. The molecule has 1 aliphatic heterocycles. The fraction of sp³-hybridized carbons (Fsp3) is 0.192. The van der Waals surface area contributed by atoms with E-state index in [9.17, 15) is 13.2 Å². The number of nitrogens with one attached hydrogen (secondary N) is 1. The van der Waals surface area contributed by atoms with Gasteiger partial charge in [-0.3, -0.25) is 9.10 Å². The zero-order chi connectivity index (χ0) is 23.9. The third-order valence-corrected chi connectivity index (χ3v) is 7.91. The minimum atomic E-state index is -4.13. The fourth-order valence-electron chi connectivity index (χ4n) is 4.14. The van der Waals surface area contributed by atoms with Crippen molar-refractivity contribution in [3.05, 3.63) is 98.9 Å². The van der Waals surface area contributed by atoms with Crippen LogP contribution < -0.4 is 9.62 Å². The zero-order valence-corrected chi connectivity index (χ0v) is 20.5. The first-order valence-electron chi connectivity index (χ1n) is 10.6. The second kappa shape index (κ2) is 8.69. The van der Waals surface area contributed by atoms with E-state index in [1.165, 1.54) is 7.05 Å². The molecule has 1 amide bonds. The highest BCUT2D eigenvalue weighted by molar-refractivity contribution is 7.97. The summed E-state index contributed by atoms with van der Waals surface area (Å²) in [5.41, 5.74) is 4.45. The molecule has 1 N–H and O–H groups in total. The van der Waals surface area contributed by atoms with Crippen molar-refractivity contribution in [2.45, 2.75) is 26.7 Å². The SMILES string of the molecule is Cc1cccc(C(C)C)c1NC(=O)C1=C(c2ccccc2)c2cc(Cl)ccc2N(C)S1(=O)=O. The first-order chi connectivity index (χ1) is 15.6. The molecule has 4 rings (SSSR count). The molecule has 1 aliphatic rings. The normalized spacial score (nSPS) is 14.9. The lowest BCUT2D eigenvalue weighted by Gasteiger charge is -2.31. The molecule has 0 spiro atoms. The van der Waals surface area contributed by atoms with Gasteiger partial charge in [-0.25, -0.2) is 8.42 Å². The number of benzene rings is 3. The largest absolute Gasteiger partial charge is 0.321 e. The van der Waals surface area contributed by atoms with Crippen molar-refractivity contribution in [3.8, 4) is 0 Å². The Balaban J connectivity index is 2.00. The molecule has 170 valence electrons. The van der Waals surface area contributed by atoms with Crippen LogP contribution in [0.25, 0.3) is 5.57 Å². The number of hydrogen-bond acceptors (Lipinski definition) is 3.